The van der Waals surface area contributed by atoms with Gasteiger partial charge in [0.15, 0.2) is 0 Å². The molecule has 5 nitrogen and oxygen atoms in total. The van der Waals surface area contributed by atoms with Crippen molar-refractivity contribution in [3.63, 3.8) is 0 Å². The summed E-state index contributed by atoms with van der Waals surface area (Å²) in [7, 11) is 0. The van der Waals surface area contributed by atoms with E-state index in [1.54, 1.807) is 4.90 Å². The van der Waals surface area contributed by atoms with E-state index >= 15 is 0 Å². The molecule has 118 valence electrons. The van der Waals surface area contributed by atoms with Crippen LogP contribution in [-0.4, -0.2) is 49.4 Å². The number of carbonyl (C=O) groups excluding carboxylic acids is 2. The van der Waals surface area contributed by atoms with E-state index in [-0.39, 0.29) is 30.8 Å². The Balaban J connectivity index is 0.00000361. The number of hydrogen-bond acceptors (Lipinski definition) is 3. The van der Waals surface area contributed by atoms with Gasteiger partial charge in [-0.05, 0) is 38.1 Å². The molecule has 6 heteroatoms. The van der Waals surface area contributed by atoms with Gasteiger partial charge in [0.2, 0.25) is 11.8 Å². The van der Waals surface area contributed by atoms with E-state index in [9.17, 15) is 9.59 Å². The zero-order valence-electron chi connectivity index (χ0n) is 12.6. The summed E-state index contributed by atoms with van der Waals surface area (Å²) in [6.07, 6.45) is 4.34. The SMILES string of the molecule is CCCNC(=O)CN(CCC)C(=O)CNCC1CC1.Cl. The Bertz CT molecular complexity index is 296. The zero-order valence-corrected chi connectivity index (χ0v) is 13.4. The summed E-state index contributed by atoms with van der Waals surface area (Å²) in [6.45, 7) is 6.79. The third kappa shape index (κ3) is 8.38. The topological polar surface area (TPSA) is 61.4 Å². The molecular weight excluding hydrogens is 278 g/mol. The first kappa shape index (κ1) is 19.2. The van der Waals surface area contributed by atoms with Crippen molar-refractivity contribution < 1.29 is 9.59 Å². The van der Waals surface area contributed by atoms with Crippen LogP contribution in [0.5, 0.6) is 0 Å². The largest absolute Gasteiger partial charge is 0.355 e. The van der Waals surface area contributed by atoms with E-state index in [0.29, 0.717) is 19.6 Å². The lowest BCUT2D eigenvalue weighted by molar-refractivity contribution is -0.135. The lowest BCUT2D eigenvalue weighted by Crippen LogP contribution is -2.44. The minimum Gasteiger partial charge on any atom is -0.355 e. The second-order valence-corrected chi connectivity index (χ2v) is 5.24. The Morgan fingerprint density at radius 3 is 2.45 bits per heavy atom. The highest BCUT2D eigenvalue weighted by atomic mass is 35.5. The van der Waals surface area contributed by atoms with E-state index in [2.05, 4.69) is 10.6 Å². The molecule has 0 spiro atoms. The highest BCUT2D eigenvalue weighted by molar-refractivity contribution is 5.86. The molecule has 1 saturated carbocycles. The summed E-state index contributed by atoms with van der Waals surface area (Å²) >= 11 is 0. The fraction of sp³-hybridized carbons (Fsp3) is 0.857. The molecule has 0 unspecified atom stereocenters. The lowest BCUT2D eigenvalue weighted by atomic mass is 10.3. The minimum absolute atomic E-state index is 0. The maximum Gasteiger partial charge on any atom is 0.239 e. The standard InChI is InChI=1S/C14H27N3O2.ClH/c1-3-7-16-13(18)11-17(8-4-2)14(19)10-15-9-12-5-6-12;/h12,15H,3-11H2,1-2H3,(H,16,18);1H. The average Bonchev–Trinajstić information content (AvgIpc) is 3.19. The molecule has 1 aliphatic carbocycles. The van der Waals surface area contributed by atoms with Crippen molar-refractivity contribution in [1.82, 2.24) is 15.5 Å². The predicted octanol–water partition coefficient (Wildman–Crippen LogP) is 1.17. The molecule has 0 bridgehead atoms. The van der Waals surface area contributed by atoms with E-state index in [1.807, 2.05) is 13.8 Å². The van der Waals surface area contributed by atoms with Gasteiger partial charge in [0.1, 0.15) is 0 Å². The van der Waals surface area contributed by atoms with Crippen molar-refractivity contribution in [3.05, 3.63) is 0 Å². The van der Waals surface area contributed by atoms with Gasteiger partial charge in [-0.3, -0.25) is 9.59 Å². The molecule has 1 fully saturated rings. The summed E-state index contributed by atoms with van der Waals surface area (Å²) in [4.78, 5) is 25.3. The van der Waals surface area contributed by atoms with Gasteiger partial charge in [0.05, 0.1) is 13.1 Å². The fourth-order valence-electron chi connectivity index (χ4n) is 1.87. The number of nitrogens with one attached hydrogen (secondary N) is 2. The maximum absolute atomic E-state index is 12.0. The first-order chi connectivity index (χ1) is 9.17. The molecule has 0 atom stereocenters. The fourth-order valence-corrected chi connectivity index (χ4v) is 1.87. The molecule has 0 aromatic carbocycles. The van der Waals surface area contributed by atoms with Crippen LogP contribution in [0.3, 0.4) is 0 Å². The zero-order chi connectivity index (χ0) is 14.1. The number of hydrogen-bond donors (Lipinski definition) is 2. The average molecular weight is 306 g/mol. The minimum atomic E-state index is -0.0640. The third-order valence-corrected chi connectivity index (χ3v) is 3.16. The number of amides is 2. The first-order valence-corrected chi connectivity index (χ1v) is 7.42. The highest BCUT2D eigenvalue weighted by Crippen LogP contribution is 2.27. The summed E-state index contributed by atoms with van der Waals surface area (Å²) in [5.74, 6) is 0.722. The smallest absolute Gasteiger partial charge is 0.239 e. The Morgan fingerprint density at radius 1 is 1.20 bits per heavy atom. The number of carbonyl (C=O) groups is 2. The van der Waals surface area contributed by atoms with E-state index in [0.717, 1.165) is 25.3 Å². The molecule has 20 heavy (non-hydrogen) atoms. The van der Waals surface area contributed by atoms with Gasteiger partial charge < -0.3 is 15.5 Å². The molecule has 1 rings (SSSR count). The summed E-state index contributed by atoms with van der Waals surface area (Å²) in [5.41, 5.74) is 0. The van der Waals surface area contributed by atoms with Crippen molar-refractivity contribution in [3.8, 4) is 0 Å². The molecule has 0 aromatic rings. The van der Waals surface area contributed by atoms with E-state index < -0.39 is 0 Å². The number of nitrogens with zero attached hydrogens (tertiary/aromatic N) is 1. The second kappa shape index (κ2) is 10.9. The molecule has 0 aliphatic heterocycles. The van der Waals surface area contributed by atoms with Gasteiger partial charge in [-0.2, -0.15) is 0 Å². The molecule has 2 N–H and O–H groups in total. The molecular formula is C14H28ClN3O2. The Morgan fingerprint density at radius 2 is 1.90 bits per heavy atom. The van der Waals surface area contributed by atoms with Gasteiger partial charge in [-0.15, -0.1) is 12.4 Å². The van der Waals surface area contributed by atoms with Crippen LogP contribution in [0.4, 0.5) is 0 Å². The molecule has 1 aliphatic rings. The van der Waals surface area contributed by atoms with Crippen molar-refractivity contribution in [2.24, 2.45) is 5.92 Å². The normalized spacial score (nSPS) is 13.5. The van der Waals surface area contributed by atoms with Crippen LogP contribution in [0, 0.1) is 5.92 Å². The van der Waals surface area contributed by atoms with Gasteiger partial charge in [0.25, 0.3) is 0 Å². The first-order valence-electron chi connectivity index (χ1n) is 7.42. The van der Waals surface area contributed by atoms with Crippen LogP contribution in [-0.2, 0) is 9.59 Å². The quantitative estimate of drug-likeness (QED) is 0.637. The van der Waals surface area contributed by atoms with Gasteiger partial charge >= 0.3 is 0 Å². The van der Waals surface area contributed by atoms with Crippen LogP contribution < -0.4 is 10.6 Å². The second-order valence-electron chi connectivity index (χ2n) is 5.24. The molecule has 0 aromatic heterocycles. The Labute approximate surface area is 128 Å². The molecule has 0 saturated heterocycles. The highest BCUT2D eigenvalue weighted by Gasteiger charge is 2.21. The van der Waals surface area contributed by atoms with Crippen molar-refractivity contribution in [1.29, 1.82) is 0 Å². The summed E-state index contributed by atoms with van der Waals surface area (Å²) in [6, 6.07) is 0. The van der Waals surface area contributed by atoms with Crippen LogP contribution in [0.2, 0.25) is 0 Å². The van der Waals surface area contributed by atoms with E-state index in [4.69, 9.17) is 0 Å². The van der Waals surface area contributed by atoms with Crippen molar-refractivity contribution in [2.45, 2.75) is 39.5 Å². The van der Waals surface area contributed by atoms with Crippen LogP contribution in [0.15, 0.2) is 0 Å². The summed E-state index contributed by atoms with van der Waals surface area (Å²) in [5, 5.41) is 5.99. The maximum atomic E-state index is 12.0. The lowest BCUT2D eigenvalue weighted by Gasteiger charge is -2.21. The monoisotopic (exact) mass is 305 g/mol. The molecule has 0 radical (unpaired) electrons. The Kier molecular flexibility index (Phi) is 10.5. The van der Waals surface area contributed by atoms with Gasteiger partial charge in [-0.1, -0.05) is 13.8 Å². The van der Waals surface area contributed by atoms with Crippen molar-refractivity contribution >= 4 is 24.2 Å². The summed E-state index contributed by atoms with van der Waals surface area (Å²) < 4.78 is 0. The van der Waals surface area contributed by atoms with Crippen molar-refractivity contribution in [2.75, 3.05) is 32.7 Å². The van der Waals surface area contributed by atoms with E-state index in [1.165, 1.54) is 12.8 Å². The van der Waals surface area contributed by atoms with Crippen LogP contribution in [0.1, 0.15) is 39.5 Å². The number of halogens is 1. The Hall–Kier alpha value is -0.810. The molecule has 0 heterocycles. The predicted molar refractivity (Wildman–Crippen MR) is 83.0 cm³/mol. The molecule has 2 amide bonds. The van der Waals surface area contributed by atoms with Crippen LogP contribution in [0.25, 0.3) is 0 Å². The number of rotatable bonds is 10. The van der Waals surface area contributed by atoms with Crippen LogP contribution >= 0.6 is 12.4 Å². The van der Waals surface area contributed by atoms with Gasteiger partial charge in [0, 0.05) is 13.1 Å². The third-order valence-electron chi connectivity index (χ3n) is 3.16. The van der Waals surface area contributed by atoms with Gasteiger partial charge in [-0.25, -0.2) is 0 Å².